The van der Waals surface area contributed by atoms with Crippen LogP contribution >= 0.6 is 0 Å². The highest BCUT2D eigenvalue weighted by molar-refractivity contribution is 5.94. The van der Waals surface area contributed by atoms with Gasteiger partial charge in [-0.25, -0.2) is 5.01 Å². The number of aliphatic hydroxyl groups is 1. The molecule has 96 valence electrons. The molecule has 8 heteroatoms. The van der Waals surface area contributed by atoms with Gasteiger partial charge in [-0.1, -0.05) is 0 Å². The van der Waals surface area contributed by atoms with Crippen LogP contribution in [0, 0.1) is 0 Å². The van der Waals surface area contributed by atoms with E-state index in [4.69, 9.17) is 0 Å². The third kappa shape index (κ3) is 1.80. The van der Waals surface area contributed by atoms with Gasteiger partial charge in [0, 0.05) is 24.2 Å². The maximum atomic E-state index is 12.7. The van der Waals surface area contributed by atoms with Crippen molar-refractivity contribution >= 4 is 5.91 Å². The summed E-state index contributed by atoms with van der Waals surface area (Å²) in [4.78, 5) is 15.5. The van der Waals surface area contributed by atoms with Crippen LogP contribution in [0.1, 0.15) is 10.4 Å². The smallest absolute Gasteiger partial charge is 0.359 e. The summed E-state index contributed by atoms with van der Waals surface area (Å²) in [7, 11) is 0. The number of nitrogens with one attached hydrogen (secondary N) is 1. The molecule has 1 aliphatic heterocycles. The first kappa shape index (κ1) is 12.4. The first-order valence-electron chi connectivity index (χ1n) is 4.84. The van der Waals surface area contributed by atoms with E-state index in [0.717, 1.165) is 6.20 Å². The molecule has 0 unspecified atom stereocenters. The topological polar surface area (TPSA) is 65.5 Å². The summed E-state index contributed by atoms with van der Waals surface area (Å²) in [5, 5.41) is 9.65. The van der Waals surface area contributed by atoms with Gasteiger partial charge in [0.2, 0.25) is 0 Å². The maximum absolute atomic E-state index is 12.7. The van der Waals surface area contributed by atoms with Gasteiger partial charge in [0.05, 0.1) is 0 Å². The lowest BCUT2D eigenvalue weighted by molar-refractivity contribution is -0.283. The average Bonchev–Trinajstić information content (AvgIpc) is 2.72. The molecular weight excluding hydrogens is 251 g/mol. The molecule has 0 saturated carbocycles. The summed E-state index contributed by atoms with van der Waals surface area (Å²) in [5.74, 6) is -1.01. The maximum Gasteiger partial charge on any atom is 0.442 e. The van der Waals surface area contributed by atoms with E-state index in [1.54, 1.807) is 0 Å². The van der Waals surface area contributed by atoms with E-state index in [2.05, 4.69) is 10.4 Å². The second kappa shape index (κ2) is 3.98. The summed E-state index contributed by atoms with van der Waals surface area (Å²) in [6, 6.07) is 2.50. The van der Waals surface area contributed by atoms with E-state index in [1.807, 2.05) is 0 Å². The fourth-order valence-corrected chi connectivity index (χ4v) is 1.46. The first-order chi connectivity index (χ1) is 8.36. The van der Waals surface area contributed by atoms with Crippen LogP contribution in [0.5, 0.6) is 0 Å². The van der Waals surface area contributed by atoms with Crippen LogP contribution in [0.4, 0.5) is 13.2 Å². The van der Waals surface area contributed by atoms with Crippen LogP contribution in [0.2, 0.25) is 0 Å². The van der Waals surface area contributed by atoms with Gasteiger partial charge in [0.1, 0.15) is 0 Å². The van der Waals surface area contributed by atoms with Gasteiger partial charge in [-0.2, -0.15) is 13.2 Å². The van der Waals surface area contributed by atoms with Crippen molar-refractivity contribution < 1.29 is 23.1 Å². The molecule has 0 spiro atoms. The van der Waals surface area contributed by atoms with Gasteiger partial charge >= 0.3 is 6.18 Å². The summed E-state index contributed by atoms with van der Waals surface area (Å²) in [6.45, 7) is 0. The number of hydrogen-bond acceptors (Lipinski definition) is 4. The summed E-state index contributed by atoms with van der Waals surface area (Å²) < 4.78 is 38.2. The Kier molecular flexibility index (Phi) is 2.74. The van der Waals surface area contributed by atoms with Crippen LogP contribution in [0.15, 0.2) is 36.8 Å². The third-order valence-corrected chi connectivity index (χ3v) is 2.41. The average molecular weight is 259 g/mol. The lowest BCUT2D eigenvalue weighted by Gasteiger charge is -2.33. The first-order valence-corrected chi connectivity index (χ1v) is 4.84. The Morgan fingerprint density at radius 3 is 2.56 bits per heavy atom. The predicted octanol–water partition coefficient (Wildman–Crippen LogP) is 0.807. The minimum atomic E-state index is -5.00. The SMILES string of the molecule is O=C(c1ccncc1)N1NC=C[C@@]1(O)C(F)(F)F. The van der Waals surface area contributed by atoms with Crippen molar-refractivity contribution in [2.45, 2.75) is 11.9 Å². The summed E-state index contributed by atoms with van der Waals surface area (Å²) in [6.07, 6.45) is -1.15. The number of pyridine rings is 1. The van der Waals surface area contributed by atoms with Crippen LogP contribution in [0.3, 0.4) is 0 Å². The van der Waals surface area contributed by atoms with E-state index in [0.29, 0.717) is 6.08 Å². The van der Waals surface area contributed by atoms with Gasteiger partial charge in [-0.05, 0) is 18.2 Å². The zero-order chi connectivity index (χ0) is 13.4. The molecule has 1 aromatic rings. The zero-order valence-electron chi connectivity index (χ0n) is 8.85. The highest BCUT2D eigenvalue weighted by Gasteiger charge is 2.60. The van der Waals surface area contributed by atoms with Gasteiger partial charge in [-0.3, -0.25) is 15.2 Å². The molecule has 1 aliphatic rings. The molecule has 1 amide bonds. The fourth-order valence-electron chi connectivity index (χ4n) is 1.46. The molecule has 2 N–H and O–H groups in total. The molecule has 1 atom stereocenters. The normalized spacial score (nSPS) is 23.0. The van der Waals surface area contributed by atoms with Gasteiger partial charge in [0.15, 0.2) is 0 Å². The van der Waals surface area contributed by atoms with E-state index in [-0.39, 0.29) is 10.6 Å². The van der Waals surface area contributed by atoms with E-state index < -0.39 is 17.8 Å². The van der Waals surface area contributed by atoms with Gasteiger partial charge < -0.3 is 5.11 Å². The molecule has 0 aliphatic carbocycles. The van der Waals surface area contributed by atoms with Crippen molar-refractivity contribution in [3.8, 4) is 0 Å². The molecular formula is C10H8F3N3O2. The highest BCUT2D eigenvalue weighted by Crippen LogP contribution is 2.36. The summed E-state index contributed by atoms with van der Waals surface area (Å²) in [5.41, 5.74) is -1.31. The van der Waals surface area contributed by atoms with Crippen LogP contribution in [0.25, 0.3) is 0 Å². The van der Waals surface area contributed by atoms with Crippen molar-refractivity contribution in [3.05, 3.63) is 42.4 Å². The number of halogens is 3. The Labute approximate surface area is 99.5 Å². The van der Waals surface area contributed by atoms with Crippen molar-refractivity contribution in [2.24, 2.45) is 0 Å². The van der Waals surface area contributed by atoms with Crippen LogP contribution in [-0.2, 0) is 0 Å². The number of hydrazine groups is 1. The Hall–Kier alpha value is -2.09. The quantitative estimate of drug-likeness (QED) is 0.783. The van der Waals surface area contributed by atoms with Crippen molar-refractivity contribution in [2.75, 3.05) is 0 Å². The number of amides is 1. The number of aromatic nitrogens is 1. The Morgan fingerprint density at radius 2 is 2.00 bits per heavy atom. The van der Waals surface area contributed by atoms with Crippen molar-refractivity contribution in [1.82, 2.24) is 15.4 Å². The minimum Gasteiger partial charge on any atom is -0.359 e. The number of rotatable bonds is 1. The lowest BCUT2D eigenvalue weighted by atomic mass is 10.1. The van der Waals surface area contributed by atoms with Gasteiger partial charge in [-0.15, -0.1) is 0 Å². The molecule has 0 saturated heterocycles. The van der Waals surface area contributed by atoms with Crippen molar-refractivity contribution in [1.29, 1.82) is 0 Å². The molecule has 1 aromatic heterocycles. The van der Waals surface area contributed by atoms with E-state index in [9.17, 15) is 23.1 Å². The van der Waals surface area contributed by atoms with Crippen molar-refractivity contribution in [3.63, 3.8) is 0 Å². The molecule has 2 rings (SSSR count). The fraction of sp³-hybridized carbons (Fsp3) is 0.200. The third-order valence-electron chi connectivity index (χ3n) is 2.41. The second-order valence-electron chi connectivity index (χ2n) is 3.56. The van der Waals surface area contributed by atoms with E-state index >= 15 is 0 Å². The number of alkyl halides is 3. The Bertz CT molecular complexity index is 489. The monoisotopic (exact) mass is 259 g/mol. The minimum absolute atomic E-state index is 0.0242. The van der Waals surface area contributed by atoms with Gasteiger partial charge in [0.25, 0.3) is 11.6 Å². The van der Waals surface area contributed by atoms with Crippen LogP contribution in [-0.4, -0.2) is 32.9 Å². The molecule has 2 heterocycles. The van der Waals surface area contributed by atoms with E-state index in [1.165, 1.54) is 24.5 Å². The Morgan fingerprint density at radius 1 is 1.39 bits per heavy atom. The number of hydrogen-bond donors (Lipinski definition) is 2. The highest BCUT2D eigenvalue weighted by atomic mass is 19.4. The second-order valence-corrected chi connectivity index (χ2v) is 3.56. The number of carbonyl (C=O) groups is 1. The standard InChI is InChI=1S/C10H8F3N3O2/c11-10(12,13)9(18)3-6-15-16(9)8(17)7-1-4-14-5-2-7/h1-6,15,18H/t9-/m1/s1. The van der Waals surface area contributed by atoms with Crippen LogP contribution < -0.4 is 5.43 Å². The zero-order valence-corrected chi connectivity index (χ0v) is 8.85. The number of nitrogens with zero attached hydrogens (tertiary/aromatic N) is 2. The lowest BCUT2D eigenvalue weighted by Crippen LogP contribution is -2.60. The Balaban J connectivity index is 2.33. The molecule has 5 nitrogen and oxygen atoms in total. The molecule has 0 radical (unpaired) electrons. The number of carbonyl (C=O) groups excluding carboxylic acids is 1. The molecule has 18 heavy (non-hydrogen) atoms. The molecule has 0 bridgehead atoms. The largest absolute Gasteiger partial charge is 0.442 e. The molecule has 0 aromatic carbocycles. The summed E-state index contributed by atoms with van der Waals surface area (Å²) >= 11 is 0. The molecule has 0 fully saturated rings. The predicted molar refractivity (Wildman–Crippen MR) is 53.7 cm³/mol.